The fourth-order valence-electron chi connectivity index (χ4n) is 2.35. The van der Waals surface area contributed by atoms with E-state index in [4.69, 9.17) is 4.42 Å². The Kier molecular flexibility index (Phi) is 5.14. The highest BCUT2D eigenvalue weighted by Gasteiger charge is 2.18. The van der Waals surface area contributed by atoms with E-state index in [-0.39, 0.29) is 17.4 Å². The zero-order valence-corrected chi connectivity index (χ0v) is 14.4. The standard InChI is InChI=1S/C18H16FN3O2S/c1-3-9-22-17(15-8-10-24-12(15)2)20-21-18(22)25-11-16(23)13-4-6-14(19)7-5-13/h3-8,10H,1,9,11H2,2H3. The maximum Gasteiger partial charge on any atom is 0.192 e. The number of rotatable bonds is 7. The van der Waals surface area contributed by atoms with Crippen LogP contribution in [0.15, 0.2) is 58.8 Å². The van der Waals surface area contributed by atoms with Gasteiger partial charge in [0.1, 0.15) is 11.6 Å². The number of hydrogen-bond acceptors (Lipinski definition) is 5. The number of benzene rings is 1. The second-order valence-electron chi connectivity index (χ2n) is 5.31. The monoisotopic (exact) mass is 357 g/mol. The number of halogens is 1. The van der Waals surface area contributed by atoms with E-state index in [2.05, 4.69) is 16.8 Å². The molecule has 0 spiro atoms. The normalized spacial score (nSPS) is 10.8. The number of allylic oxidation sites excluding steroid dienone is 1. The van der Waals surface area contributed by atoms with Crippen LogP contribution in [0.5, 0.6) is 0 Å². The van der Waals surface area contributed by atoms with Gasteiger partial charge in [0.2, 0.25) is 0 Å². The van der Waals surface area contributed by atoms with Crippen molar-refractivity contribution in [1.82, 2.24) is 14.8 Å². The van der Waals surface area contributed by atoms with Crippen LogP contribution in [-0.4, -0.2) is 26.3 Å². The van der Waals surface area contributed by atoms with Gasteiger partial charge in [-0.25, -0.2) is 4.39 Å². The van der Waals surface area contributed by atoms with Crippen LogP contribution in [-0.2, 0) is 6.54 Å². The molecule has 0 radical (unpaired) electrons. The van der Waals surface area contributed by atoms with Gasteiger partial charge in [-0.2, -0.15) is 0 Å². The number of aryl methyl sites for hydroxylation is 1. The summed E-state index contributed by atoms with van der Waals surface area (Å²) in [5.74, 6) is 1.14. The summed E-state index contributed by atoms with van der Waals surface area (Å²) in [5.41, 5.74) is 1.32. The van der Waals surface area contributed by atoms with Crippen molar-refractivity contribution < 1.29 is 13.6 Å². The summed E-state index contributed by atoms with van der Waals surface area (Å²) >= 11 is 1.29. The Balaban J connectivity index is 1.79. The van der Waals surface area contributed by atoms with Gasteiger partial charge in [0.05, 0.1) is 17.6 Å². The van der Waals surface area contributed by atoms with Crippen LogP contribution in [0, 0.1) is 12.7 Å². The van der Waals surface area contributed by atoms with Crippen molar-refractivity contribution in [2.75, 3.05) is 5.75 Å². The van der Waals surface area contributed by atoms with E-state index < -0.39 is 0 Å². The molecule has 2 heterocycles. The van der Waals surface area contributed by atoms with Gasteiger partial charge in [-0.1, -0.05) is 17.8 Å². The molecule has 3 rings (SSSR count). The average molecular weight is 357 g/mol. The highest BCUT2D eigenvalue weighted by Crippen LogP contribution is 2.27. The number of ketones is 1. The number of hydrogen-bond donors (Lipinski definition) is 0. The second kappa shape index (κ2) is 7.48. The highest BCUT2D eigenvalue weighted by atomic mass is 32.2. The Morgan fingerprint density at radius 3 is 2.72 bits per heavy atom. The Bertz CT molecular complexity index is 899. The molecule has 0 saturated heterocycles. The molecular weight excluding hydrogens is 341 g/mol. The summed E-state index contributed by atoms with van der Waals surface area (Å²) in [6.45, 7) is 6.13. The predicted molar refractivity (Wildman–Crippen MR) is 94.1 cm³/mol. The fraction of sp³-hybridized carbons (Fsp3) is 0.167. The third-order valence-electron chi connectivity index (χ3n) is 3.63. The Morgan fingerprint density at radius 1 is 1.32 bits per heavy atom. The van der Waals surface area contributed by atoms with Crippen molar-refractivity contribution in [3.05, 3.63) is 66.4 Å². The molecule has 0 aliphatic rings. The summed E-state index contributed by atoms with van der Waals surface area (Å²) in [5, 5.41) is 9.03. The Hall–Kier alpha value is -2.67. The number of thioether (sulfide) groups is 1. The van der Waals surface area contributed by atoms with Crippen LogP contribution in [0.4, 0.5) is 4.39 Å². The van der Waals surface area contributed by atoms with Crippen molar-refractivity contribution >= 4 is 17.5 Å². The molecule has 0 bridgehead atoms. The topological polar surface area (TPSA) is 60.9 Å². The van der Waals surface area contributed by atoms with Crippen LogP contribution < -0.4 is 0 Å². The molecule has 7 heteroatoms. The highest BCUT2D eigenvalue weighted by molar-refractivity contribution is 7.99. The zero-order chi connectivity index (χ0) is 17.8. The van der Waals surface area contributed by atoms with Gasteiger partial charge in [-0.3, -0.25) is 9.36 Å². The maximum atomic E-state index is 13.0. The SMILES string of the molecule is C=CCn1c(SCC(=O)c2ccc(F)cc2)nnc1-c1ccoc1C. The van der Waals surface area contributed by atoms with E-state index in [0.29, 0.717) is 23.1 Å². The summed E-state index contributed by atoms with van der Waals surface area (Å²) in [6.07, 6.45) is 3.34. The van der Waals surface area contributed by atoms with Crippen molar-refractivity contribution in [3.63, 3.8) is 0 Å². The lowest BCUT2D eigenvalue weighted by atomic mass is 10.1. The van der Waals surface area contributed by atoms with Crippen molar-refractivity contribution in [1.29, 1.82) is 0 Å². The smallest absolute Gasteiger partial charge is 0.192 e. The fourth-order valence-corrected chi connectivity index (χ4v) is 3.20. The van der Waals surface area contributed by atoms with Crippen molar-refractivity contribution in [3.8, 4) is 11.4 Å². The van der Waals surface area contributed by atoms with Gasteiger partial charge in [0, 0.05) is 12.1 Å². The van der Waals surface area contributed by atoms with E-state index in [1.807, 2.05) is 17.6 Å². The molecule has 1 aromatic carbocycles. The minimum absolute atomic E-state index is 0.0980. The number of carbonyl (C=O) groups is 1. The van der Waals surface area contributed by atoms with Gasteiger partial charge in [-0.15, -0.1) is 16.8 Å². The second-order valence-corrected chi connectivity index (χ2v) is 6.26. The van der Waals surface area contributed by atoms with Crippen molar-refractivity contribution in [2.45, 2.75) is 18.6 Å². The van der Waals surface area contributed by atoms with Gasteiger partial charge >= 0.3 is 0 Å². The first-order chi connectivity index (χ1) is 12.1. The van der Waals surface area contributed by atoms with Crippen LogP contribution in [0.1, 0.15) is 16.1 Å². The molecule has 3 aromatic rings. The molecule has 0 amide bonds. The lowest BCUT2D eigenvalue weighted by Gasteiger charge is -2.07. The third kappa shape index (κ3) is 3.71. The minimum Gasteiger partial charge on any atom is -0.469 e. The van der Waals surface area contributed by atoms with Gasteiger partial charge < -0.3 is 4.42 Å². The number of aromatic nitrogens is 3. The maximum absolute atomic E-state index is 13.0. The van der Waals surface area contributed by atoms with Crippen molar-refractivity contribution in [2.24, 2.45) is 0 Å². The summed E-state index contributed by atoms with van der Waals surface area (Å²) < 4.78 is 20.2. The van der Waals surface area contributed by atoms with Crippen LogP contribution in [0.3, 0.4) is 0 Å². The van der Waals surface area contributed by atoms with Gasteiger partial charge in [-0.05, 0) is 37.3 Å². The molecule has 0 N–H and O–H groups in total. The van der Waals surface area contributed by atoms with Gasteiger partial charge in [0.15, 0.2) is 16.8 Å². The molecule has 0 aliphatic carbocycles. The third-order valence-corrected chi connectivity index (χ3v) is 4.59. The van der Waals surface area contributed by atoms with Gasteiger partial charge in [0.25, 0.3) is 0 Å². The van der Waals surface area contributed by atoms with Crippen LogP contribution in [0.25, 0.3) is 11.4 Å². The Morgan fingerprint density at radius 2 is 2.08 bits per heavy atom. The first-order valence-corrected chi connectivity index (χ1v) is 8.59. The molecule has 128 valence electrons. The summed E-state index contributed by atoms with van der Waals surface area (Å²) in [7, 11) is 0. The first kappa shape index (κ1) is 17.2. The quantitative estimate of drug-likeness (QED) is 0.361. The molecular formula is C18H16FN3O2S. The molecule has 25 heavy (non-hydrogen) atoms. The number of Topliss-reactive ketones (excluding diaryl/α,β-unsaturated/α-hetero) is 1. The molecule has 2 aromatic heterocycles. The lowest BCUT2D eigenvalue weighted by molar-refractivity contribution is 0.102. The first-order valence-electron chi connectivity index (χ1n) is 7.60. The van der Waals surface area contributed by atoms with E-state index >= 15 is 0 Å². The summed E-state index contributed by atoms with van der Waals surface area (Å²) in [4.78, 5) is 12.3. The summed E-state index contributed by atoms with van der Waals surface area (Å²) in [6, 6.07) is 7.34. The molecule has 0 saturated carbocycles. The molecule has 0 unspecified atom stereocenters. The number of furan rings is 1. The van der Waals surface area contributed by atoms with Crippen LogP contribution in [0.2, 0.25) is 0 Å². The Labute approximate surface area is 148 Å². The largest absolute Gasteiger partial charge is 0.469 e. The predicted octanol–water partition coefficient (Wildman–Crippen LogP) is 4.15. The lowest BCUT2D eigenvalue weighted by Crippen LogP contribution is -2.05. The van der Waals surface area contributed by atoms with Crippen LogP contribution >= 0.6 is 11.8 Å². The van der Waals surface area contributed by atoms with E-state index in [1.165, 1.54) is 36.0 Å². The minimum atomic E-state index is -0.366. The van der Waals surface area contributed by atoms with E-state index in [9.17, 15) is 9.18 Å². The zero-order valence-electron chi connectivity index (χ0n) is 13.6. The number of carbonyl (C=O) groups excluding carboxylic acids is 1. The van der Waals surface area contributed by atoms with E-state index in [1.54, 1.807) is 12.3 Å². The number of nitrogens with zero attached hydrogens (tertiary/aromatic N) is 3. The molecule has 5 nitrogen and oxygen atoms in total. The molecule has 0 atom stereocenters. The average Bonchev–Trinajstić information content (AvgIpc) is 3.19. The molecule has 0 fully saturated rings. The van der Waals surface area contributed by atoms with E-state index in [0.717, 1.165) is 11.3 Å². The molecule has 0 aliphatic heterocycles.